The van der Waals surface area contributed by atoms with Gasteiger partial charge >= 0.3 is 0 Å². The van der Waals surface area contributed by atoms with Gasteiger partial charge in [-0.3, -0.25) is 29.4 Å². The summed E-state index contributed by atoms with van der Waals surface area (Å²) in [6.07, 6.45) is 1.55. The van der Waals surface area contributed by atoms with Crippen LogP contribution in [0, 0.1) is 24.0 Å². The van der Waals surface area contributed by atoms with Crippen molar-refractivity contribution in [3.8, 4) is 5.69 Å². The van der Waals surface area contributed by atoms with E-state index in [9.17, 15) is 24.5 Å². The number of hydrogen-bond acceptors (Lipinski definition) is 6. The van der Waals surface area contributed by atoms with Gasteiger partial charge in [0.1, 0.15) is 11.6 Å². The molecule has 3 amide bonds. The highest BCUT2D eigenvalue weighted by Crippen LogP contribution is 2.34. The average Bonchev–Trinajstić information content (AvgIpc) is 3.05. The third-order valence-electron chi connectivity index (χ3n) is 4.33. The zero-order valence-electron chi connectivity index (χ0n) is 15.3. The summed E-state index contributed by atoms with van der Waals surface area (Å²) in [5.74, 6) is -1.37. The van der Waals surface area contributed by atoms with Crippen molar-refractivity contribution in [3.05, 3.63) is 61.3 Å². The lowest BCUT2D eigenvalue weighted by Gasteiger charge is -2.10. The lowest BCUT2D eigenvalue weighted by atomic mass is 10.2. The van der Waals surface area contributed by atoms with Crippen molar-refractivity contribution in [2.45, 2.75) is 13.8 Å². The number of benzene rings is 1. The number of aromatic nitrogens is 1. The SMILES string of the molecule is Cc1cc(/C=C2\SC(=O)N(CC(N)=O)C2=O)c(C)n1-c1ccc(Cl)c([N+](=O)[O-])c1. The quantitative estimate of drug-likeness (QED) is 0.437. The Hall–Kier alpha value is -3.11. The van der Waals surface area contributed by atoms with Crippen LogP contribution in [-0.2, 0) is 9.59 Å². The number of nitro groups is 1. The third kappa shape index (κ3) is 3.89. The monoisotopic (exact) mass is 434 g/mol. The number of aryl methyl sites for hydroxylation is 1. The molecule has 0 radical (unpaired) electrons. The molecule has 2 N–H and O–H groups in total. The fourth-order valence-electron chi connectivity index (χ4n) is 3.04. The fourth-order valence-corrected chi connectivity index (χ4v) is 4.06. The minimum Gasteiger partial charge on any atom is -0.368 e. The summed E-state index contributed by atoms with van der Waals surface area (Å²) in [5, 5.41) is 10.6. The highest BCUT2D eigenvalue weighted by molar-refractivity contribution is 8.18. The summed E-state index contributed by atoms with van der Waals surface area (Å²) < 4.78 is 1.78. The predicted molar refractivity (Wildman–Crippen MR) is 109 cm³/mol. The van der Waals surface area contributed by atoms with Gasteiger partial charge in [0.05, 0.1) is 15.5 Å². The van der Waals surface area contributed by atoms with Gasteiger partial charge in [-0.25, -0.2) is 0 Å². The summed E-state index contributed by atoms with van der Waals surface area (Å²) in [7, 11) is 0. The Morgan fingerprint density at radius 3 is 2.62 bits per heavy atom. The molecule has 1 aromatic heterocycles. The first-order valence-corrected chi connectivity index (χ1v) is 9.46. The Morgan fingerprint density at radius 2 is 2.00 bits per heavy atom. The van der Waals surface area contributed by atoms with Crippen LogP contribution in [0.25, 0.3) is 11.8 Å². The Bertz CT molecular complexity index is 1110. The molecule has 150 valence electrons. The number of carbonyl (C=O) groups excluding carboxylic acids is 3. The lowest BCUT2D eigenvalue weighted by Crippen LogP contribution is -2.36. The molecule has 1 aliphatic rings. The predicted octanol–water partition coefficient (Wildman–Crippen LogP) is 3.18. The summed E-state index contributed by atoms with van der Waals surface area (Å²) in [6.45, 7) is 3.12. The van der Waals surface area contributed by atoms with Crippen LogP contribution in [0.1, 0.15) is 17.0 Å². The second-order valence-corrected chi connectivity index (χ2v) is 7.69. The zero-order valence-corrected chi connectivity index (χ0v) is 16.9. The van der Waals surface area contributed by atoms with Crippen LogP contribution in [0.3, 0.4) is 0 Å². The number of nitrogens with zero attached hydrogens (tertiary/aromatic N) is 3. The number of thioether (sulfide) groups is 1. The molecule has 9 nitrogen and oxygen atoms in total. The lowest BCUT2D eigenvalue weighted by molar-refractivity contribution is -0.384. The van der Waals surface area contributed by atoms with Gasteiger partial charge in [0.25, 0.3) is 16.8 Å². The molecule has 2 aromatic rings. The van der Waals surface area contributed by atoms with Crippen LogP contribution >= 0.6 is 23.4 Å². The van der Waals surface area contributed by atoms with Gasteiger partial charge in [-0.1, -0.05) is 11.6 Å². The second-order valence-electron chi connectivity index (χ2n) is 6.29. The number of hydrogen-bond donors (Lipinski definition) is 1. The highest BCUT2D eigenvalue weighted by Gasteiger charge is 2.36. The summed E-state index contributed by atoms with van der Waals surface area (Å²) in [4.78, 5) is 47.0. The average molecular weight is 435 g/mol. The van der Waals surface area contributed by atoms with Crippen molar-refractivity contribution in [2.75, 3.05) is 6.54 Å². The van der Waals surface area contributed by atoms with E-state index in [4.69, 9.17) is 17.3 Å². The molecule has 0 bridgehead atoms. The van der Waals surface area contributed by atoms with Crippen molar-refractivity contribution < 1.29 is 19.3 Å². The minimum absolute atomic E-state index is 0.0320. The van der Waals surface area contributed by atoms with E-state index in [1.54, 1.807) is 29.7 Å². The number of primary amides is 1. The van der Waals surface area contributed by atoms with Gasteiger partial charge in [0.2, 0.25) is 5.91 Å². The van der Waals surface area contributed by atoms with Gasteiger partial charge < -0.3 is 10.3 Å². The molecule has 0 unspecified atom stereocenters. The third-order valence-corrected chi connectivity index (χ3v) is 5.56. The van der Waals surface area contributed by atoms with Gasteiger partial charge in [-0.15, -0.1) is 0 Å². The van der Waals surface area contributed by atoms with E-state index in [0.717, 1.165) is 22.4 Å². The van der Waals surface area contributed by atoms with Gasteiger partial charge in [0, 0.05) is 17.5 Å². The fraction of sp³-hybridized carbons (Fsp3) is 0.167. The number of rotatable bonds is 5. The number of imide groups is 1. The van der Waals surface area contributed by atoms with Gasteiger partial charge in [-0.05, 0) is 55.4 Å². The zero-order chi connectivity index (χ0) is 21.5. The van der Waals surface area contributed by atoms with Crippen LogP contribution in [0.4, 0.5) is 10.5 Å². The molecule has 29 heavy (non-hydrogen) atoms. The maximum absolute atomic E-state index is 12.4. The largest absolute Gasteiger partial charge is 0.368 e. The summed E-state index contributed by atoms with van der Waals surface area (Å²) >= 11 is 6.61. The van der Waals surface area contributed by atoms with Crippen LogP contribution < -0.4 is 5.73 Å². The van der Waals surface area contributed by atoms with E-state index in [-0.39, 0.29) is 15.6 Å². The molecule has 11 heteroatoms. The molecule has 0 saturated carbocycles. The molecule has 1 aromatic carbocycles. The van der Waals surface area contributed by atoms with Crippen LogP contribution in [0.5, 0.6) is 0 Å². The number of halogens is 1. The number of nitro benzene ring substituents is 1. The molecule has 0 aliphatic carbocycles. The molecule has 2 heterocycles. The van der Waals surface area contributed by atoms with Crippen molar-refractivity contribution in [1.29, 1.82) is 0 Å². The van der Waals surface area contributed by atoms with Crippen LogP contribution in [0.15, 0.2) is 29.2 Å². The number of carbonyl (C=O) groups is 3. The van der Waals surface area contributed by atoms with Crippen LogP contribution in [-0.4, -0.2) is 38.0 Å². The molecule has 1 fully saturated rings. The van der Waals surface area contributed by atoms with E-state index in [1.165, 1.54) is 12.1 Å². The Morgan fingerprint density at radius 1 is 1.31 bits per heavy atom. The standard InChI is InChI=1S/C18H15ClN4O5S/c1-9-5-11(6-15-17(25)21(8-16(20)24)18(26)29-15)10(2)22(9)12-3-4-13(19)14(7-12)23(27)28/h3-7H,8H2,1-2H3,(H2,20,24)/b15-6-. The molecule has 0 spiro atoms. The molecule has 0 atom stereocenters. The molecule has 1 saturated heterocycles. The molecule has 3 rings (SSSR count). The van der Waals surface area contributed by atoms with E-state index >= 15 is 0 Å². The minimum atomic E-state index is -0.781. The maximum Gasteiger partial charge on any atom is 0.294 e. The van der Waals surface area contributed by atoms with Gasteiger partial charge in [0.15, 0.2) is 0 Å². The number of amides is 3. The van der Waals surface area contributed by atoms with Gasteiger partial charge in [-0.2, -0.15) is 0 Å². The van der Waals surface area contributed by atoms with E-state index in [0.29, 0.717) is 16.9 Å². The van der Waals surface area contributed by atoms with E-state index in [1.807, 2.05) is 6.92 Å². The summed E-state index contributed by atoms with van der Waals surface area (Å²) in [6, 6.07) is 6.26. The van der Waals surface area contributed by atoms with Crippen molar-refractivity contribution >= 4 is 52.2 Å². The molecular weight excluding hydrogens is 420 g/mol. The first-order chi connectivity index (χ1) is 13.6. The first-order valence-electron chi connectivity index (χ1n) is 8.27. The van der Waals surface area contributed by atoms with E-state index < -0.39 is 28.5 Å². The highest BCUT2D eigenvalue weighted by atomic mass is 35.5. The van der Waals surface area contributed by atoms with Crippen molar-refractivity contribution in [2.24, 2.45) is 5.73 Å². The summed E-state index contributed by atoms with van der Waals surface area (Å²) in [5.41, 5.74) is 7.53. The maximum atomic E-state index is 12.4. The smallest absolute Gasteiger partial charge is 0.294 e. The Kier molecular flexibility index (Phi) is 5.49. The molecular formula is C18H15ClN4O5S. The number of nitrogens with two attached hydrogens (primary N) is 1. The normalized spacial score (nSPS) is 15.4. The van der Waals surface area contributed by atoms with Crippen molar-refractivity contribution in [1.82, 2.24) is 9.47 Å². The van der Waals surface area contributed by atoms with Crippen molar-refractivity contribution in [3.63, 3.8) is 0 Å². The first kappa shape index (κ1) is 20.6. The Labute approximate surface area is 174 Å². The Balaban J connectivity index is 2.01. The van der Waals surface area contributed by atoms with Crippen LogP contribution in [0.2, 0.25) is 5.02 Å². The van der Waals surface area contributed by atoms with E-state index in [2.05, 4.69) is 0 Å². The second kappa shape index (κ2) is 7.72. The molecule has 1 aliphatic heterocycles. The topological polar surface area (TPSA) is 129 Å².